The molecule has 0 fully saturated rings. The number of rotatable bonds is 7. The van der Waals surface area contributed by atoms with Gasteiger partial charge in [-0.1, -0.05) is 158 Å². The van der Waals surface area contributed by atoms with Crippen molar-refractivity contribution in [2.45, 2.75) is 6.42 Å². The van der Waals surface area contributed by atoms with Crippen LogP contribution in [0.3, 0.4) is 0 Å². The maximum absolute atomic E-state index is 3.91. The summed E-state index contributed by atoms with van der Waals surface area (Å²) in [5, 5.41) is 2.45. The highest BCUT2D eigenvalue weighted by atomic mass is 15.1. The Hall–Kier alpha value is -5.92. The zero-order valence-corrected chi connectivity index (χ0v) is 25.8. The van der Waals surface area contributed by atoms with Gasteiger partial charge in [-0.2, -0.15) is 0 Å². The lowest BCUT2D eigenvalue weighted by atomic mass is 9.92. The summed E-state index contributed by atoms with van der Waals surface area (Å²) in [5.41, 5.74) is 12.0. The summed E-state index contributed by atoms with van der Waals surface area (Å²) in [6.45, 7) is 3.91. The number of hydrogen-bond acceptors (Lipinski definition) is 1. The molecular weight excluding hydrogens is 555 g/mol. The van der Waals surface area contributed by atoms with Crippen LogP contribution in [0.2, 0.25) is 0 Å². The molecule has 0 unspecified atom stereocenters. The van der Waals surface area contributed by atoms with Crippen LogP contribution in [0.15, 0.2) is 189 Å². The van der Waals surface area contributed by atoms with Crippen LogP contribution in [-0.2, 0) is 0 Å². The number of nitrogens with zero attached hydrogens (tertiary/aromatic N) is 1. The van der Waals surface area contributed by atoms with Gasteiger partial charge >= 0.3 is 0 Å². The fraction of sp³-hybridized carbons (Fsp3) is 0.0222. The maximum atomic E-state index is 3.91. The van der Waals surface area contributed by atoms with Gasteiger partial charge in [0.2, 0.25) is 0 Å². The Morgan fingerprint density at radius 1 is 0.478 bits per heavy atom. The Morgan fingerprint density at radius 3 is 1.46 bits per heavy atom. The van der Waals surface area contributed by atoms with Gasteiger partial charge in [0.15, 0.2) is 0 Å². The van der Waals surface area contributed by atoms with Gasteiger partial charge in [0.25, 0.3) is 0 Å². The smallest absolute Gasteiger partial charge is 0.0462 e. The normalized spacial score (nSPS) is 14.1. The van der Waals surface area contributed by atoms with Gasteiger partial charge in [-0.15, -0.1) is 0 Å². The molecule has 220 valence electrons. The third-order valence-corrected chi connectivity index (χ3v) is 8.54. The minimum atomic E-state index is 0.878. The molecule has 0 saturated carbocycles. The summed E-state index contributed by atoms with van der Waals surface area (Å²) in [6, 6.07) is 56.3. The maximum Gasteiger partial charge on any atom is 0.0462 e. The fourth-order valence-electron chi connectivity index (χ4n) is 6.19. The van der Waals surface area contributed by atoms with Crippen LogP contribution < -0.4 is 15.3 Å². The second-order valence-corrected chi connectivity index (χ2v) is 11.5. The van der Waals surface area contributed by atoms with E-state index in [9.17, 15) is 0 Å². The van der Waals surface area contributed by atoms with Crippen LogP contribution in [0.5, 0.6) is 0 Å². The zero-order valence-electron chi connectivity index (χ0n) is 25.8. The first-order valence-corrected chi connectivity index (χ1v) is 15.8. The highest BCUT2D eigenvalue weighted by Crippen LogP contribution is 2.38. The van der Waals surface area contributed by atoms with Crippen LogP contribution in [0, 0.1) is 0 Å². The van der Waals surface area contributed by atoms with E-state index in [0.717, 1.165) is 23.5 Å². The van der Waals surface area contributed by atoms with Gasteiger partial charge in [0.1, 0.15) is 0 Å². The average molecular weight is 590 g/mol. The zero-order chi connectivity index (χ0) is 31.1. The van der Waals surface area contributed by atoms with Crippen molar-refractivity contribution in [1.82, 2.24) is 0 Å². The standard InChI is InChI=1S/C45H35N/c1-2-12-39-17-9-10-20-45(39)41-19-11-18-40(33-41)38-25-31-44(32-26-38)46(42-27-21-36(22-28-42)34-13-5-3-6-14-34)43-29-23-37(24-30-43)35-15-7-4-8-16-35/h2-32H,1,33H2. The van der Waals surface area contributed by atoms with Crippen molar-refractivity contribution in [2.24, 2.45) is 0 Å². The summed E-state index contributed by atoms with van der Waals surface area (Å²) in [6.07, 6.45) is 11.5. The lowest BCUT2D eigenvalue weighted by Gasteiger charge is -2.26. The molecule has 0 N–H and O–H groups in total. The minimum Gasteiger partial charge on any atom is -0.311 e. The Balaban J connectivity index is 1.23. The summed E-state index contributed by atoms with van der Waals surface area (Å²) < 4.78 is 0. The molecule has 0 atom stereocenters. The molecule has 0 heterocycles. The van der Waals surface area contributed by atoms with Crippen LogP contribution in [0.25, 0.3) is 39.5 Å². The second kappa shape index (κ2) is 13.4. The third kappa shape index (κ3) is 6.18. The van der Waals surface area contributed by atoms with Gasteiger partial charge in [0, 0.05) is 17.1 Å². The van der Waals surface area contributed by atoms with Gasteiger partial charge in [0.05, 0.1) is 0 Å². The molecule has 0 aliphatic heterocycles. The molecule has 1 heteroatoms. The molecule has 6 aromatic rings. The van der Waals surface area contributed by atoms with Crippen molar-refractivity contribution in [1.29, 1.82) is 0 Å². The van der Waals surface area contributed by atoms with Crippen LogP contribution in [0.1, 0.15) is 12.0 Å². The van der Waals surface area contributed by atoms with Crippen molar-refractivity contribution in [3.8, 4) is 22.3 Å². The van der Waals surface area contributed by atoms with Gasteiger partial charge in [-0.25, -0.2) is 0 Å². The third-order valence-electron chi connectivity index (χ3n) is 8.54. The number of benzene rings is 6. The Kier molecular flexibility index (Phi) is 8.39. The minimum absolute atomic E-state index is 0.878. The van der Waals surface area contributed by atoms with Crippen molar-refractivity contribution < 1.29 is 0 Å². The first kappa shape index (κ1) is 28.8. The molecule has 6 aromatic carbocycles. The van der Waals surface area contributed by atoms with E-state index in [1.807, 2.05) is 6.08 Å². The van der Waals surface area contributed by atoms with E-state index in [0.29, 0.717) is 0 Å². The van der Waals surface area contributed by atoms with E-state index in [2.05, 4.69) is 194 Å². The molecule has 7 rings (SSSR count). The van der Waals surface area contributed by atoms with Gasteiger partial charge in [-0.05, 0) is 92.2 Å². The number of hydrogen-bond donors (Lipinski definition) is 0. The molecule has 0 radical (unpaired) electrons. The summed E-state index contributed by atoms with van der Waals surface area (Å²) in [5.74, 6) is 0. The Labute approximate surface area is 271 Å². The molecule has 1 aliphatic rings. The molecular formula is C45H35N. The van der Waals surface area contributed by atoms with Gasteiger partial charge < -0.3 is 4.90 Å². The topological polar surface area (TPSA) is 3.24 Å². The van der Waals surface area contributed by atoms with Crippen LogP contribution in [-0.4, -0.2) is 0 Å². The SMILES string of the molecule is C=CC=c1ccccc1=C1C=CC=C(c2ccc(N(c3ccc(-c4ccccc4)cc3)c3ccc(-c4ccccc4)cc3)cc2)C1. The fourth-order valence-corrected chi connectivity index (χ4v) is 6.19. The molecule has 0 spiro atoms. The summed E-state index contributed by atoms with van der Waals surface area (Å²) in [7, 11) is 0. The molecule has 0 saturated heterocycles. The van der Waals surface area contributed by atoms with Crippen molar-refractivity contribution in [3.63, 3.8) is 0 Å². The molecule has 0 amide bonds. The lowest BCUT2D eigenvalue weighted by Crippen LogP contribution is -2.26. The molecule has 0 aromatic heterocycles. The lowest BCUT2D eigenvalue weighted by molar-refractivity contribution is 1.28. The number of anilines is 3. The Morgan fingerprint density at radius 2 is 0.935 bits per heavy atom. The largest absolute Gasteiger partial charge is 0.311 e. The van der Waals surface area contributed by atoms with E-state index in [-0.39, 0.29) is 0 Å². The molecule has 1 nitrogen and oxygen atoms in total. The average Bonchev–Trinajstić information content (AvgIpc) is 3.14. The van der Waals surface area contributed by atoms with Crippen molar-refractivity contribution >= 4 is 34.3 Å². The first-order valence-electron chi connectivity index (χ1n) is 15.8. The van der Waals surface area contributed by atoms with Crippen LogP contribution >= 0.6 is 0 Å². The predicted octanol–water partition coefficient (Wildman–Crippen LogP) is 10.7. The van der Waals surface area contributed by atoms with E-state index >= 15 is 0 Å². The van der Waals surface area contributed by atoms with E-state index in [1.54, 1.807) is 0 Å². The van der Waals surface area contributed by atoms with Gasteiger partial charge in [-0.3, -0.25) is 0 Å². The molecule has 1 aliphatic carbocycles. The quantitative estimate of drug-likeness (QED) is 0.179. The van der Waals surface area contributed by atoms with Crippen molar-refractivity contribution in [3.05, 3.63) is 205 Å². The summed E-state index contributed by atoms with van der Waals surface area (Å²) in [4.78, 5) is 2.33. The predicted molar refractivity (Wildman–Crippen MR) is 197 cm³/mol. The van der Waals surface area contributed by atoms with E-state index in [1.165, 1.54) is 49.4 Å². The Bertz CT molecular complexity index is 2050. The molecule has 0 bridgehead atoms. The molecule has 46 heavy (non-hydrogen) atoms. The monoisotopic (exact) mass is 589 g/mol. The second-order valence-electron chi connectivity index (χ2n) is 11.5. The summed E-state index contributed by atoms with van der Waals surface area (Å²) >= 11 is 0. The highest BCUT2D eigenvalue weighted by molar-refractivity contribution is 5.84. The van der Waals surface area contributed by atoms with Crippen molar-refractivity contribution in [2.75, 3.05) is 4.90 Å². The first-order chi connectivity index (χ1) is 22.8. The van der Waals surface area contributed by atoms with Crippen LogP contribution in [0.4, 0.5) is 17.1 Å². The highest BCUT2D eigenvalue weighted by Gasteiger charge is 2.15. The number of allylic oxidation sites excluding steroid dienone is 5. The van der Waals surface area contributed by atoms with E-state index < -0.39 is 0 Å². The van der Waals surface area contributed by atoms with E-state index in [4.69, 9.17) is 0 Å².